The largest absolute Gasteiger partial charge is 0.519 e. The van der Waals surface area contributed by atoms with Crippen molar-refractivity contribution >= 4 is 6.16 Å². The van der Waals surface area contributed by atoms with Crippen LogP contribution in [0.5, 0.6) is 23.0 Å². The maximum absolute atomic E-state index is 12.8. The monoisotopic (exact) mass is 579 g/mol. The highest BCUT2D eigenvalue weighted by molar-refractivity contribution is 5.68. The smallest absolute Gasteiger partial charge is 0.497 e. The first-order valence-electron chi connectivity index (χ1n) is 14.9. The van der Waals surface area contributed by atoms with Crippen LogP contribution in [0.2, 0.25) is 0 Å². The average Bonchev–Trinajstić information content (AvgIpc) is 3.02. The van der Waals surface area contributed by atoms with Crippen molar-refractivity contribution in [3.05, 3.63) is 118 Å². The van der Waals surface area contributed by atoms with Gasteiger partial charge in [-0.3, -0.25) is 0 Å². The van der Waals surface area contributed by atoms with Crippen LogP contribution in [0.25, 0.3) is 0 Å². The first-order valence-corrected chi connectivity index (χ1v) is 14.9. The fraction of sp³-hybridized carbons (Fsp3) is 0.324. The number of aryl methyl sites for hydroxylation is 2. The molecule has 1 aliphatic carbocycles. The van der Waals surface area contributed by atoms with Gasteiger partial charge in [-0.1, -0.05) is 81.6 Å². The summed E-state index contributed by atoms with van der Waals surface area (Å²) in [5, 5.41) is 0. The summed E-state index contributed by atoms with van der Waals surface area (Å²) in [5.41, 5.74) is 6.29. The van der Waals surface area contributed by atoms with E-state index in [1.165, 1.54) is 17.5 Å². The first kappa shape index (κ1) is 30.2. The van der Waals surface area contributed by atoms with Gasteiger partial charge >= 0.3 is 6.16 Å². The number of nitrogens with two attached hydrogens (primary N) is 1. The number of hydrogen-bond acceptors (Lipinski definition) is 6. The molecule has 224 valence electrons. The second-order valence-electron chi connectivity index (χ2n) is 12.1. The molecule has 0 aliphatic heterocycles. The Bertz CT molecular complexity index is 1570. The number of rotatable bonds is 8. The minimum absolute atomic E-state index is 0.110. The van der Waals surface area contributed by atoms with Gasteiger partial charge in [0.1, 0.15) is 23.0 Å². The highest BCUT2D eigenvalue weighted by atomic mass is 16.7. The Labute approximate surface area is 254 Å². The van der Waals surface area contributed by atoms with Gasteiger partial charge in [-0.05, 0) is 96.5 Å². The van der Waals surface area contributed by atoms with Crippen molar-refractivity contribution in [1.29, 1.82) is 0 Å². The van der Waals surface area contributed by atoms with E-state index >= 15 is 0 Å². The highest BCUT2D eigenvalue weighted by Crippen LogP contribution is 2.46. The number of ether oxygens (including phenoxy) is 3. The fourth-order valence-electron chi connectivity index (χ4n) is 6.36. The summed E-state index contributed by atoms with van der Waals surface area (Å²) in [4.78, 5) is 17.8. The summed E-state index contributed by atoms with van der Waals surface area (Å²) in [6.07, 6.45) is 4.90. The van der Waals surface area contributed by atoms with E-state index in [0.29, 0.717) is 17.2 Å². The van der Waals surface area contributed by atoms with Crippen molar-refractivity contribution < 1.29 is 23.8 Å². The lowest BCUT2D eigenvalue weighted by molar-refractivity contribution is 0.151. The second-order valence-corrected chi connectivity index (χ2v) is 12.1. The van der Waals surface area contributed by atoms with Crippen LogP contribution in [-0.4, -0.2) is 13.3 Å². The Balaban J connectivity index is 1.29. The first-order chi connectivity index (χ1) is 20.7. The molecular weight excluding hydrogens is 538 g/mol. The molecule has 2 N–H and O–H groups in total. The van der Waals surface area contributed by atoms with Crippen LogP contribution in [0.3, 0.4) is 0 Å². The minimum atomic E-state index is -0.765. The lowest BCUT2D eigenvalue weighted by Gasteiger charge is -2.39. The van der Waals surface area contributed by atoms with E-state index in [1.807, 2.05) is 50.2 Å². The Kier molecular flexibility index (Phi) is 8.79. The summed E-state index contributed by atoms with van der Waals surface area (Å²) in [6, 6.07) is 28.0. The summed E-state index contributed by atoms with van der Waals surface area (Å²) in [5.74, 6) is 7.87. The van der Waals surface area contributed by atoms with Crippen LogP contribution >= 0.6 is 0 Å². The molecule has 0 spiro atoms. The number of benzene rings is 4. The van der Waals surface area contributed by atoms with Crippen LogP contribution in [0.1, 0.15) is 79.3 Å². The summed E-state index contributed by atoms with van der Waals surface area (Å²) < 4.78 is 16.5. The third-order valence-corrected chi connectivity index (χ3v) is 9.07. The molecular formula is C37H41NO5. The van der Waals surface area contributed by atoms with E-state index in [4.69, 9.17) is 24.9 Å². The van der Waals surface area contributed by atoms with E-state index in [0.717, 1.165) is 53.7 Å². The zero-order chi connectivity index (χ0) is 30.6. The Morgan fingerprint density at radius 3 is 1.70 bits per heavy atom. The topological polar surface area (TPSA) is 80.0 Å². The molecule has 4 aromatic rings. The molecule has 0 unspecified atom stereocenters. The number of hydrogen-bond donors (Lipinski definition) is 1. The molecule has 0 atom stereocenters. The molecule has 43 heavy (non-hydrogen) atoms. The summed E-state index contributed by atoms with van der Waals surface area (Å²) >= 11 is 0. The standard InChI is InChI=1S/C37H41NO5/c1-25-23-29(37(21-7-6-8-22-37)30-14-20-34(43-38)26(2)24-30)13-19-33(25)42-35(39)41-32-17-11-28(12-18-32)36(3,4)27-9-15-31(40-5)16-10-27/h9-20,23-24H,6-8,21-22,38H2,1-5H3. The molecule has 0 amide bonds. The maximum atomic E-state index is 12.8. The summed E-state index contributed by atoms with van der Waals surface area (Å²) in [6.45, 7) is 8.31. The zero-order valence-electron chi connectivity index (χ0n) is 25.7. The SMILES string of the molecule is COc1ccc(C(C)(C)c2ccc(OC(=O)Oc3ccc(C4(c5ccc(ON)c(C)c5)CCCCC4)cc3C)cc2)cc1. The van der Waals surface area contributed by atoms with Crippen LogP contribution in [0.4, 0.5) is 4.79 Å². The molecule has 0 radical (unpaired) electrons. The Morgan fingerprint density at radius 2 is 1.21 bits per heavy atom. The van der Waals surface area contributed by atoms with Crippen molar-refractivity contribution in [2.75, 3.05) is 7.11 Å². The number of carbonyl (C=O) groups excluding carboxylic acids is 1. The molecule has 4 aromatic carbocycles. The molecule has 0 aromatic heterocycles. The van der Waals surface area contributed by atoms with Gasteiger partial charge in [0, 0.05) is 10.8 Å². The minimum Gasteiger partial charge on any atom is -0.497 e. The zero-order valence-corrected chi connectivity index (χ0v) is 25.7. The lowest BCUT2D eigenvalue weighted by Crippen LogP contribution is -2.30. The molecule has 0 saturated heterocycles. The molecule has 0 bridgehead atoms. The molecule has 5 rings (SSSR count). The fourth-order valence-corrected chi connectivity index (χ4v) is 6.36. The molecule has 6 nitrogen and oxygen atoms in total. The van der Waals surface area contributed by atoms with Crippen molar-refractivity contribution in [2.45, 2.75) is 70.6 Å². The quantitative estimate of drug-likeness (QED) is 0.128. The van der Waals surface area contributed by atoms with E-state index < -0.39 is 6.16 Å². The predicted molar refractivity (Wildman–Crippen MR) is 169 cm³/mol. The molecule has 6 heteroatoms. The van der Waals surface area contributed by atoms with E-state index in [2.05, 4.69) is 50.2 Å². The average molecular weight is 580 g/mol. The maximum Gasteiger partial charge on any atom is 0.519 e. The van der Waals surface area contributed by atoms with Crippen molar-refractivity contribution in [1.82, 2.24) is 0 Å². The summed E-state index contributed by atoms with van der Waals surface area (Å²) in [7, 11) is 1.66. The van der Waals surface area contributed by atoms with Gasteiger partial charge in [0.05, 0.1) is 7.11 Å². The van der Waals surface area contributed by atoms with Crippen LogP contribution < -0.4 is 24.9 Å². The normalized spacial score (nSPS) is 14.6. The third-order valence-electron chi connectivity index (χ3n) is 9.07. The molecule has 1 aliphatic rings. The van der Waals surface area contributed by atoms with Crippen LogP contribution in [0.15, 0.2) is 84.9 Å². The van der Waals surface area contributed by atoms with Crippen molar-refractivity contribution in [2.24, 2.45) is 5.90 Å². The van der Waals surface area contributed by atoms with Gasteiger partial charge in [-0.2, -0.15) is 5.90 Å². The van der Waals surface area contributed by atoms with E-state index in [1.54, 1.807) is 19.2 Å². The predicted octanol–water partition coefficient (Wildman–Crippen LogP) is 8.72. The van der Waals surface area contributed by atoms with Crippen LogP contribution in [0, 0.1) is 13.8 Å². The van der Waals surface area contributed by atoms with E-state index in [-0.39, 0.29) is 10.8 Å². The van der Waals surface area contributed by atoms with E-state index in [9.17, 15) is 4.79 Å². The molecule has 1 saturated carbocycles. The van der Waals surface area contributed by atoms with Gasteiger partial charge in [0.2, 0.25) is 0 Å². The van der Waals surface area contributed by atoms with Crippen molar-refractivity contribution in [3.8, 4) is 23.0 Å². The van der Waals surface area contributed by atoms with Crippen LogP contribution in [-0.2, 0) is 10.8 Å². The third kappa shape index (κ3) is 6.25. The number of methoxy groups -OCH3 is 1. The highest BCUT2D eigenvalue weighted by Gasteiger charge is 2.36. The lowest BCUT2D eigenvalue weighted by atomic mass is 9.65. The van der Waals surface area contributed by atoms with Gasteiger partial charge in [-0.15, -0.1) is 0 Å². The van der Waals surface area contributed by atoms with Gasteiger partial charge in [-0.25, -0.2) is 4.79 Å². The van der Waals surface area contributed by atoms with Gasteiger partial charge < -0.3 is 19.0 Å². The Morgan fingerprint density at radius 1 is 0.698 bits per heavy atom. The molecule has 0 heterocycles. The van der Waals surface area contributed by atoms with Gasteiger partial charge in [0.15, 0.2) is 0 Å². The van der Waals surface area contributed by atoms with Crippen molar-refractivity contribution in [3.63, 3.8) is 0 Å². The number of carbonyl (C=O) groups is 1. The second kappa shape index (κ2) is 12.5. The van der Waals surface area contributed by atoms with Gasteiger partial charge in [0.25, 0.3) is 0 Å². The molecule has 1 fully saturated rings. The Hall–Kier alpha value is -4.29.